The zero-order chi connectivity index (χ0) is 24.6. The van der Waals surface area contributed by atoms with Gasteiger partial charge in [0.2, 0.25) is 0 Å². The Morgan fingerprint density at radius 1 is 1.00 bits per heavy atom. The Labute approximate surface area is 198 Å². The Balaban J connectivity index is 1.49. The maximum Gasteiger partial charge on any atom is 0.416 e. The SMILES string of the molecule is CC1=C(C(=O)Nc2ccc3[nH]ncc3c2)C(c2ccccc2)N=C(c2ccc(C(F)(F)F)cc2)N1. The van der Waals surface area contributed by atoms with Gasteiger partial charge in [0, 0.05) is 22.3 Å². The first-order chi connectivity index (χ1) is 16.8. The van der Waals surface area contributed by atoms with Crippen LogP contribution in [0.5, 0.6) is 0 Å². The number of nitrogens with one attached hydrogen (secondary N) is 3. The Morgan fingerprint density at radius 3 is 2.46 bits per heavy atom. The van der Waals surface area contributed by atoms with E-state index >= 15 is 0 Å². The second kappa shape index (κ2) is 8.75. The van der Waals surface area contributed by atoms with Gasteiger partial charge in [0.05, 0.1) is 22.9 Å². The number of carbonyl (C=O) groups is 1. The van der Waals surface area contributed by atoms with Crippen LogP contribution < -0.4 is 10.6 Å². The van der Waals surface area contributed by atoms with Gasteiger partial charge in [0.15, 0.2) is 0 Å². The van der Waals surface area contributed by atoms with Crippen molar-refractivity contribution in [1.29, 1.82) is 0 Å². The number of hydrogen-bond donors (Lipinski definition) is 3. The van der Waals surface area contributed by atoms with Crippen LogP contribution in [0.3, 0.4) is 0 Å². The Kier molecular flexibility index (Phi) is 5.60. The highest BCUT2D eigenvalue weighted by atomic mass is 19.4. The third-order valence-electron chi connectivity index (χ3n) is 5.79. The number of nitrogens with zero attached hydrogens (tertiary/aromatic N) is 2. The summed E-state index contributed by atoms with van der Waals surface area (Å²) in [7, 11) is 0. The van der Waals surface area contributed by atoms with Gasteiger partial charge in [-0.1, -0.05) is 42.5 Å². The number of aromatic amines is 1. The molecule has 176 valence electrons. The first-order valence-corrected chi connectivity index (χ1v) is 10.8. The molecular formula is C26H20F3N5O. The molecule has 0 bridgehead atoms. The molecule has 35 heavy (non-hydrogen) atoms. The van der Waals surface area contributed by atoms with E-state index in [1.807, 2.05) is 42.5 Å². The van der Waals surface area contributed by atoms with Gasteiger partial charge in [0.25, 0.3) is 5.91 Å². The van der Waals surface area contributed by atoms with Crippen molar-refractivity contribution in [2.24, 2.45) is 4.99 Å². The summed E-state index contributed by atoms with van der Waals surface area (Å²) in [5.41, 5.74) is 2.97. The number of H-pyrrole nitrogens is 1. The van der Waals surface area contributed by atoms with E-state index < -0.39 is 17.8 Å². The molecule has 2 heterocycles. The van der Waals surface area contributed by atoms with Crippen LogP contribution in [0.2, 0.25) is 0 Å². The number of alkyl halides is 3. The molecule has 1 atom stereocenters. The largest absolute Gasteiger partial charge is 0.416 e. The molecule has 1 aromatic heterocycles. The molecule has 1 aliphatic heterocycles. The molecule has 0 spiro atoms. The highest BCUT2D eigenvalue weighted by Crippen LogP contribution is 2.33. The number of allylic oxidation sites excluding steroid dienone is 1. The standard InChI is InChI=1S/C26H20F3N5O/c1-15-22(25(35)32-20-11-12-21-18(13-20)14-30-34-21)23(16-5-3-2-4-6-16)33-24(31-15)17-7-9-19(10-8-17)26(27,28)29/h2-14,23H,1H3,(H,30,34)(H,31,33)(H,32,35). The van der Waals surface area contributed by atoms with E-state index in [1.165, 1.54) is 12.1 Å². The lowest BCUT2D eigenvalue weighted by Crippen LogP contribution is -2.34. The number of amidine groups is 1. The van der Waals surface area contributed by atoms with E-state index in [4.69, 9.17) is 4.99 Å². The van der Waals surface area contributed by atoms with Crippen LogP contribution >= 0.6 is 0 Å². The van der Waals surface area contributed by atoms with Crippen LogP contribution in [0.15, 0.2) is 95.3 Å². The van der Waals surface area contributed by atoms with E-state index in [2.05, 4.69) is 20.8 Å². The van der Waals surface area contributed by atoms with Crippen LogP contribution in [0, 0.1) is 0 Å². The van der Waals surface area contributed by atoms with Crippen molar-refractivity contribution in [2.45, 2.75) is 19.1 Å². The minimum Gasteiger partial charge on any atom is -0.343 e. The normalized spacial score (nSPS) is 16.1. The fraction of sp³-hybridized carbons (Fsp3) is 0.115. The molecule has 0 saturated heterocycles. The fourth-order valence-corrected chi connectivity index (χ4v) is 4.03. The molecule has 1 aliphatic rings. The molecule has 1 amide bonds. The summed E-state index contributed by atoms with van der Waals surface area (Å²) in [5, 5.41) is 13.8. The van der Waals surface area contributed by atoms with Gasteiger partial charge >= 0.3 is 6.18 Å². The Hall–Kier alpha value is -4.40. The predicted octanol–water partition coefficient (Wildman–Crippen LogP) is 5.59. The van der Waals surface area contributed by atoms with E-state index in [0.717, 1.165) is 28.6 Å². The molecule has 3 N–H and O–H groups in total. The summed E-state index contributed by atoms with van der Waals surface area (Å²) in [5.74, 6) is 0.0587. The highest BCUT2D eigenvalue weighted by Gasteiger charge is 2.32. The minimum absolute atomic E-state index is 0.332. The predicted molar refractivity (Wildman–Crippen MR) is 128 cm³/mol. The second-order valence-corrected chi connectivity index (χ2v) is 8.16. The van der Waals surface area contributed by atoms with Gasteiger partial charge in [-0.2, -0.15) is 18.3 Å². The van der Waals surface area contributed by atoms with E-state index in [-0.39, 0.29) is 5.91 Å². The summed E-state index contributed by atoms with van der Waals surface area (Å²) >= 11 is 0. The lowest BCUT2D eigenvalue weighted by atomic mass is 9.94. The van der Waals surface area contributed by atoms with Crippen molar-refractivity contribution in [1.82, 2.24) is 15.5 Å². The zero-order valence-electron chi connectivity index (χ0n) is 18.5. The maximum absolute atomic E-state index is 13.4. The molecule has 4 aromatic rings. The Morgan fingerprint density at radius 2 is 1.74 bits per heavy atom. The number of anilines is 1. The summed E-state index contributed by atoms with van der Waals surface area (Å²) in [6.45, 7) is 1.75. The molecule has 1 unspecified atom stereocenters. The number of aliphatic imine (C=N–C) groups is 1. The van der Waals surface area contributed by atoms with Crippen molar-refractivity contribution < 1.29 is 18.0 Å². The van der Waals surface area contributed by atoms with Crippen LogP contribution in [0.25, 0.3) is 10.9 Å². The molecule has 9 heteroatoms. The fourth-order valence-electron chi connectivity index (χ4n) is 4.03. The molecule has 0 radical (unpaired) electrons. The summed E-state index contributed by atoms with van der Waals surface area (Å²) < 4.78 is 39.0. The van der Waals surface area contributed by atoms with Gasteiger partial charge in [0.1, 0.15) is 11.9 Å². The van der Waals surface area contributed by atoms with Crippen LogP contribution in [-0.2, 0) is 11.0 Å². The van der Waals surface area contributed by atoms with Crippen molar-refractivity contribution in [3.8, 4) is 0 Å². The van der Waals surface area contributed by atoms with Crippen LogP contribution in [0.1, 0.15) is 29.7 Å². The van der Waals surface area contributed by atoms with Crippen molar-refractivity contribution in [3.05, 3.63) is 107 Å². The molecule has 0 saturated carbocycles. The number of halogens is 3. The van der Waals surface area contributed by atoms with Gasteiger partial charge in [-0.3, -0.25) is 14.9 Å². The number of benzene rings is 3. The topological polar surface area (TPSA) is 82.2 Å². The smallest absolute Gasteiger partial charge is 0.343 e. The number of aromatic nitrogens is 2. The third-order valence-corrected chi connectivity index (χ3v) is 5.79. The lowest BCUT2D eigenvalue weighted by molar-refractivity contribution is -0.137. The summed E-state index contributed by atoms with van der Waals surface area (Å²) in [6.07, 6.45) is -2.75. The average molecular weight is 475 g/mol. The molecule has 6 nitrogen and oxygen atoms in total. The number of fused-ring (bicyclic) bond motifs is 1. The van der Waals surface area contributed by atoms with Crippen LogP contribution in [-0.4, -0.2) is 21.9 Å². The number of carbonyl (C=O) groups excluding carboxylic acids is 1. The second-order valence-electron chi connectivity index (χ2n) is 8.16. The van der Waals surface area contributed by atoms with Crippen molar-refractivity contribution >= 4 is 28.3 Å². The van der Waals surface area contributed by atoms with Crippen molar-refractivity contribution in [3.63, 3.8) is 0 Å². The minimum atomic E-state index is -4.42. The Bertz CT molecular complexity index is 1450. The molecular weight excluding hydrogens is 455 g/mol. The number of rotatable bonds is 4. The van der Waals surface area contributed by atoms with Crippen LogP contribution in [0.4, 0.5) is 18.9 Å². The van der Waals surface area contributed by atoms with Gasteiger partial charge in [-0.25, -0.2) is 0 Å². The molecule has 0 fully saturated rings. The van der Waals surface area contributed by atoms with Gasteiger partial charge in [-0.05, 0) is 42.8 Å². The third kappa shape index (κ3) is 4.52. The molecule has 3 aromatic carbocycles. The highest BCUT2D eigenvalue weighted by molar-refractivity contribution is 6.09. The lowest BCUT2D eigenvalue weighted by Gasteiger charge is -2.27. The maximum atomic E-state index is 13.4. The monoisotopic (exact) mass is 475 g/mol. The molecule has 0 aliphatic carbocycles. The first-order valence-electron chi connectivity index (χ1n) is 10.8. The van der Waals surface area contributed by atoms with E-state index in [9.17, 15) is 18.0 Å². The zero-order valence-corrected chi connectivity index (χ0v) is 18.5. The van der Waals surface area contributed by atoms with Crippen molar-refractivity contribution in [2.75, 3.05) is 5.32 Å². The van der Waals surface area contributed by atoms with E-state index in [0.29, 0.717) is 28.4 Å². The summed E-state index contributed by atoms with van der Waals surface area (Å²) in [4.78, 5) is 18.1. The summed E-state index contributed by atoms with van der Waals surface area (Å²) in [6, 6.07) is 18.8. The van der Waals surface area contributed by atoms with Gasteiger partial charge in [-0.15, -0.1) is 0 Å². The van der Waals surface area contributed by atoms with Gasteiger partial charge < -0.3 is 10.6 Å². The molecule has 5 rings (SSSR count). The first kappa shape index (κ1) is 22.4. The number of hydrogen-bond acceptors (Lipinski definition) is 4. The quantitative estimate of drug-likeness (QED) is 0.360. The number of amides is 1. The van der Waals surface area contributed by atoms with E-state index in [1.54, 1.807) is 19.2 Å². The average Bonchev–Trinajstić information content (AvgIpc) is 3.31.